The molecular formula is C17H15ClFNO. The first kappa shape index (κ1) is 14.0. The minimum absolute atomic E-state index is 0.267. The predicted molar refractivity (Wildman–Crippen MR) is 83.4 cm³/mol. The zero-order chi connectivity index (χ0) is 14.8. The summed E-state index contributed by atoms with van der Waals surface area (Å²) in [6.45, 7) is 3.31. The van der Waals surface area contributed by atoms with Gasteiger partial charge in [0.25, 0.3) is 0 Å². The van der Waals surface area contributed by atoms with Gasteiger partial charge in [-0.05, 0) is 43.3 Å². The van der Waals surface area contributed by atoms with Crippen LogP contribution >= 0.6 is 11.6 Å². The van der Waals surface area contributed by atoms with Crippen LogP contribution in [0, 0.1) is 5.82 Å². The van der Waals surface area contributed by atoms with Gasteiger partial charge in [-0.15, -0.1) is 0 Å². The van der Waals surface area contributed by atoms with Crippen LogP contribution in [0.25, 0.3) is 10.9 Å². The maximum absolute atomic E-state index is 12.9. The second kappa shape index (κ2) is 5.78. The number of aromatic nitrogens is 1. The van der Waals surface area contributed by atoms with Gasteiger partial charge in [0.05, 0.1) is 16.2 Å². The standard InChI is InChI=1S/C17H15ClFNO/c1-2-20-14(10-12-4-3-5-16(18)17(12)20)11-21-15-8-6-13(19)7-9-15/h3-10H,2,11H2,1H3. The molecule has 1 aromatic heterocycles. The van der Waals surface area contributed by atoms with Crippen molar-refractivity contribution in [3.05, 3.63) is 65.1 Å². The van der Waals surface area contributed by atoms with Crippen LogP contribution in [0.5, 0.6) is 5.75 Å². The van der Waals surface area contributed by atoms with Crippen LogP contribution in [0.1, 0.15) is 12.6 Å². The number of nitrogens with zero attached hydrogens (tertiary/aromatic N) is 1. The summed E-state index contributed by atoms with van der Waals surface area (Å²) >= 11 is 6.29. The zero-order valence-electron chi connectivity index (χ0n) is 11.6. The van der Waals surface area contributed by atoms with E-state index in [1.54, 1.807) is 12.1 Å². The number of para-hydroxylation sites is 1. The first-order chi connectivity index (χ1) is 10.2. The van der Waals surface area contributed by atoms with Gasteiger partial charge in [-0.2, -0.15) is 0 Å². The van der Waals surface area contributed by atoms with Crippen molar-refractivity contribution in [3.63, 3.8) is 0 Å². The van der Waals surface area contributed by atoms with Crippen molar-refractivity contribution < 1.29 is 9.13 Å². The summed E-state index contributed by atoms with van der Waals surface area (Å²) in [5, 5.41) is 1.84. The van der Waals surface area contributed by atoms with E-state index in [2.05, 4.69) is 17.6 Å². The Balaban J connectivity index is 1.90. The lowest BCUT2D eigenvalue weighted by molar-refractivity contribution is 0.295. The van der Waals surface area contributed by atoms with E-state index in [0.29, 0.717) is 12.4 Å². The average Bonchev–Trinajstić information content (AvgIpc) is 2.85. The van der Waals surface area contributed by atoms with E-state index in [0.717, 1.165) is 28.2 Å². The van der Waals surface area contributed by atoms with Crippen LogP contribution in [0.4, 0.5) is 4.39 Å². The predicted octanol–water partition coefficient (Wildman–Crippen LogP) is 5.03. The summed E-state index contributed by atoms with van der Waals surface area (Å²) in [7, 11) is 0. The highest BCUT2D eigenvalue weighted by molar-refractivity contribution is 6.35. The molecule has 0 aliphatic carbocycles. The lowest BCUT2D eigenvalue weighted by atomic mass is 10.2. The fourth-order valence-corrected chi connectivity index (χ4v) is 2.79. The van der Waals surface area contributed by atoms with Crippen molar-refractivity contribution in [3.8, 4) is 5.75 Å². The molecule has 1 heterocycles. The summed E-state index contributed by atoms with van der Waals surface area (Å²) in [5.41, 5.74) is 2.07. The molecule has 2 aromatic carbocycles. The second-order valence-electron chi connectivity index (χ2n) is 4.80. The molecule has 3 aromatic rings. The van der Waals surface area contributed by atoms with Gasteiger partial charge in [0.1, 0.15) is 18.2 Å². The minimum atomic E-state index is -0.267. The molecule has 0 N–H and O–H groups in total. The van der Waals surface area contributed by atoms with E-state index in [9.17, 15) is 4.39 Å². The molecule has 0 saturated carbocycles. The topological polar surface area (TPSA) is 14.2 Å². The van der Waals surface area contributed by atoms with Crippen LogP contribution in [0.3, 0.4) is 0 Å². The largest absolute Gasteiger partial charge is 0.487 e. The third-order valence-electron chi connectivity index (χ3n) is 3.47. The molecule has 0 saturated heterocycles. The molecule has 0 radical (unpaired) electrons. The Morgan fingerprint density at radius 1 is 1.14 bits per heavy atom. The molecule has 3 rings (SSSR count). The Labute approximate surface area is 127 Å². The Bertz CT molecular complexity index is 764. The third kappa shape index (κ3) is 2.74. The molecule has 0 spiro atoms. The molecule has 0 atom stereocenters. The number of hydrogen-bond acceptors (Lipinski definition) is 1. The highest BCUT2D eigenvalue weighted by Crippen LogP contribution is 2.27. The molecule has 2 nitrogen and oxygen atoms in total. The lowest BCUT2D eigenvalue weighted by Crippen LogP contribution is -2.04. The number of ether oxygens (including phenoxy) is 1. The van der Waals surface area contributed by atoms with Gasteiger partial charge in [-0.1, -0.05) is 23.7 Å². The van der Waals surface area contributed by atoms with E-state index in [-0.39, 0.29) is 5.82 Å². The number of benzene rings is 2. The van der Waals surface area contributed by atoms with E-state index in [4.69, 9.17) is 16.3 Å². The Hall–Kier alpha value is -2.00. The lowest BCUT2D eigenvalue weighted by Gasteiger charge is -2.10. The molecule has 0 amide bonds. The van der Waals surface area contributed by atoms with Gasteiger partial charge in [0, 0.05) is 11.9 Å². The van der Waals surface area contributed by atoms with Gasteiger partial charge in [0.15, 0.2) is 0 Å². The fourth-order valence-electron chi connectivity index (χ4n) is 2.50. The van der Waals surface area contributed by atoms with Crippen molar-refractivity contribution in [2.45, 2.75) is 20.1 Å². The second-order valence-corrected chi connectivity index (χ2v) is 5.21. The fraction of sp³-hybridized carbons (Fsp3) is 0.176. The summed E-state index contributed by atoms with van der Waals surface area (Å²) in [4.78, 5) is 0. The monoisotopic (exact) mass is 303 g/mol. The van der Waals surface area contributed by atoms with Gasteiger partial charge >= 0.3 is 0 Å². The van der Waals surface area contributed by atoms with Crippen molar-refractivity contribution >= 4 is 22.5 Å². The molecule has 0 bridgehead atoms. The molecule has 21 heavy (non-hydrogen) atoms. The van der Waals surface area contributed by atoms with E-state index < -0.39 is 0 Å². The average molecular weight is 304 g/mol. The molecular weight excluding hydrogens is 289 g/mol. The van der Waals surface area contributed by atoms with Crippen molar-refractivity contribution in [2.24, 2.45) is 0 Å². The third-order valence-corrected chi connectivity index (χ3v) is 3.78. The molecule has 108 valence electrons. The zero-order valence-corrected chi connectivity index (χ0v) is 12.4. The summed E-state index contributed by atoms with van der Waals surface area (Å²) in [6, 6.07) is 14.0. The van der Waals surface area contributed by atoms with Gasteiger partial charge < -0.3 is 9.30 Å². The smallest absolute Gasteiger partial charge is 0.128 e. The van der Waals surface area contributed by atoms with Crippen molar-refractivity contribution in [1.29, 1.82) is 0 Å². The first-order valence-corrected chi connectivity index (χ1v) is 7.22. The molecule has 0 unspecified atom stereocenters. The van der Waals surface area contributed by atoms with Gasteiger partial charge in [0.2, 0.25) is 0 Å². The molecule has 4 heteroatoms. The minimum Gasteiger partial charge on any atom is -0.487 e. The Morgan fingerprint density at radius 3 is 2.62 bits per heavy atom. The highest BCUT2D eigenvalue weighted by atomic mass is 35.5. The highest BCUT2D eigenvalue weighted by Gasteiger charge is 2.10. The number of halogens is 2. The normalized spacial score (nSPS) is 11.0. The van der Waals surface area contributed by atoms with Crippen LogP contribution in [-0.2, 0) is 13.2 Å². The summed E-state index contributed by atoms with van der Waals surface area (Å²) < 4.78 is 20.7. The maximum atomic E-state index is 12.9. The Kier molecular flexibility index (Phi) is 3.84. The van der Waals surface area contributed by atoms with Crippen LogP contribution in [-0.4, -0.2) is 4.57 Å². The molecule has 0 aliphatic rings. The SMILES string of the molecule is CCn1c(COc2ccc(F)cc2)cc2cccc(Cl)c21. The van der Waals surface area contributed by atoms with Crippen LogP contribution in [0.2, 0.25) is 5.02 Å². The van der Waals surface area contributed by atoms with E-state index in [1.165, 1.54) is 12.1 Å². The van der Waals surface area contributed by atoms with Crippen molar-refractivity contribution in [2.75, 3.05) is 0 Å². The summed E-state index contributed by atoms with van der Waals surface area (Å²) in [5.74, 6) is 0.382. The van der Waals surface area contributed by atoms with Gasteiger partial charge in [-0.3, -0.25) is 0 Å². The van der Waals surface area contributed by atoms with Gasteiger partial charge in [-0.25, -0.2) is 4.39 Å². The number of hydrogen-bond donors (Lipinski definition) is 0. The first-order valence-electron chi connectivity index (χ1n) is 6.84. The molecule has 0 fully saturated rings. The number of aryl methyl sites for hydroxylation is 1. The quantitative estimate of drug-likeness (QED) is 0.659. The molecule has 0 aliphatic heterocycles. The van der Waals surface area contributed by atoms with Crippen molar-refractivity contribution in [1.82, 2.24) is 4.57 Å². The van der Waals surface area contributed by atoms with E-state index in [1.807, 2.05) is 18.2 Å². The maximum Gasteiger partial charge on any atom is 0.128 e. The Morgan fingerprint density at radius 2 is 1.90 bits per heavy atom. The summed E-state index contributed by atoms with van der Waals surface area (Å²) in [6.07, 6.45) is 0. The number of fused-ring (bicyclic) bond motifs is 1. The van der Waals surface area contributed by atoms with Crippen LogP contribution < -0.4 is 4.74 Å². The number of rotatable bonds is 4. The van der Waals surface area contributed by atoms with Crippen LogP contribution in [0.15, 0.2) is 48.5 Å². The van der Waals surface area contributed by atoms with E-state index >= 15 is 0 Å².